The lowest BCUT2D eigenvalue weighted by atomic mass is 10.1. The summed E-state index contributed by atoms with van der Waals surface area (Å²) in [4.78, 5) is 0. The molecule has 0 amide bonds. The van der Waals surface area contributed by atoms with Gasteiger partial charge in [0.25, 0.3) is 0 Å². The molecule has 1 heterocycles. The third-order valence-corrected chi connectivity index (χ3v) is 2.99. The van der Waals surface area contributed by atoms with Crippen molar-refractivity contribution in [2.24, 2.45) is 0 Å². The molecule has 0 spiro atoms. The fourth-order valence-electron chi connectivity index (χ4n) is 1.90. The van der Waals surface area contributed by atoms with Crippen LogP contribution in [0.2, 0.25) is 0 Å². The Morgan fingerprint density at radius 3 is 1.91 bits per heavy atom. The van der Waals surface area contributed by atoms with E-state index < -0.39 is 18.0 Å². The first-order valence-electron chi connectivity index (χ1n) is 6.39. The van der Waals surface area contributed by atoms with Gasteiger partial charge < -0.3 is 14.8 Å². The molecule has 9 heteroatoms. The first-order chi connectivity index (χ1) is 9.78. The lowest BCUT2D eigenvalue weighted by Gasteiger charge is -2.24. The Hall–Kier alpha value is -1.28. The van der Waals surface area contributed by atoms with Gasteiger partial charge in [0.05, 0.1) is 0 Å². The maximum Gasteiger partial charge on any atom is 0.499 e. The number of halogens is 6. The van der Waals surface area contributed by atoms with Crippen molar-refractivity contribution in [1.82, 2.24) is 5.32 Å². The van der Waals surface area contributed by atoms with Crippen LogP contribution in [-0.4, -0.2) is 31.5 Å². The summed E-state index contributed by atoms with van der Waals surface area (Å²) in [6.45, 7) is 1.65. The summed E-state index contributed by atoms with van der Waals surface area (Å²) in [5.74, 6) is -0.167. The number of hydrogen-bond acceptors (Lipinski definition) is 3. The molecule has 1 aliphatic heterocycles. The fourth-order valence-corrected chi connectivity index (χ4v) is 1.90. The van der Waals surface area contributed by atoms with Crippen LogP contribution in [-0.2, 0) is 0 Å². The molecule has 0 bridgehead atoms. The van der Waals surface area contributed by atoms with Crippen molar-refractivity contribution in [2.75, 3.05) is 13.1 Å². The third kappa shape index (κ3) is 4.88. The van der Waals surface area contributed by atoms with E-state index in [4.69, 9.17) is 4.74 Å². The Labute approximate surface area is 130 Å². The summed E-state index contributed by atoms with van der Waals surface area (Å²) in [6, 6.07) is 4.67. The molecule has 0 atom stereocenters. The number of benzene rings is 1. The van der Waals surface area contributed by atoms with Crippen LogP contribution in [0.4, 0.5) is 22.0 Å². The van der Waals surface area contributed by atoms with E-state index in [9.17, 15) is 22.0 Å². The van der Waals surface area contributed by atoms with Gasteiger partial charge in [0.2, 0.25) is 0 Å². The van der Waals surface area contributed by atoms with Gasteiger partial charge in [0, 0.05) is 0 Å². The van der Waals surface area contributed by atoms with Crippen LogP contribution in [0.5, 0.6) is 11.5 Å². The van der Waals surface area contributed by atoms with Gasteiger partial charge in [-0.15, -0.1) is 12.4 Å². The zero-order valence-electron chi connectivity index (χ0n) is 11.3. The average Bonchev–Trinajstić information content (AvgIpc) is 2.41. The molecule has 0 unspecified atom stereocenters. The Bertz CT molecular complexity index is 460. The first-order valence-corrected chi connectivity index (χ1v) is 6.39. The number of nitrogens with one attached hydrogen (secondary N) is 1. The molecule has 1 aromatic carbocycles. The minimum atomic E-state index is -5.75. The molecule has 126 valence electrons. The van der Waals surface area contributed by atoms with Gasteiger partial charge in [-0.1, -0.05) is 0 Å². The molecule has 0 radical (unpaired) electrons. The van der Waals surface area contributed by atoms with Crippen molar-refractivity contribution >= 4 is 12.4 Å². The van der Waals surface area contributed by atoms with Crippen LogP contribution in [0.1, 0.15) is 12.8 Å². The molecule has 2 rings (SSSR count). The van der Waals surface area contributed by atoms with Crippen LogP contribution in [0.25, 0.3) is 0 Å². The quantitative estimate of drug-likeness (QED) is 0.841. The number of rotatable bonds is 4. The Balaban J connectivity index is 0.00000242. The van der Waals surface area contributed by atoms with Gasteiger partial charge in [-0.05, 0) is 50.2 Å². The second kappa shape index (κ2) is 7.32. The highest BCUT2D eigenvalue weighted by molar-refractivity contribution is 5.85. The molecule has 0 saturated carbocycles. The van der Waals surface area contributed by atoms with Crippen LogP contribution in [0, 0.1) is 0 Å². The van der Waals surface area contributed by atoms with Crippen LogP contribution in [0.3, 0.4) is 0 Å². The summed E-state index contributed by atoms with van der Waals surface area (Å²) in [6.07, 6.45) is -9.34. The first kappa shape index (κ1) is 18.8. The van der Waals surface area contributed by atoms with E-state index in [2.05, 4.69) is 10.1 Å². The third-order valence-electron chi connectivity index (χ3n) is 2.99. The largest absolute Gasteiger partial charge is 0.499 e. The Morgan fingerprint density at radius 1 is 0.909 bits per heavy atom. The van der Waals surface area contributed by atoms with Gasteiger partial charge in [-0.3, -0.25) is 0 Å². The summed E-state index contributed by atoms with van der Waals surface area (Å²) in [5, 5.41) is 3.16. The minimum Gasteiger partial charge on any atom is -0.490 e. The fraction of sp³-hybridized carbons (Fsp3) is 0.538. The van der Waals surface area contributed by atoms with E-state index in [1.807, 2.05) is 0 Å². The van der Waals surface area contributed by atoms with Crippen LogP contribution in [0.15, 0.2) is 24.3 Å². The summed E-state index contributed by atoms with van der Waals surface area (Å²) in [7, 11) is 0. The molecule has 1 fully saturated rings. The molecular formula is C13H15ClF5NO2. The summed E-state index contributed by atoms with van der Waals surface area (Å²) in [5.41, 5.74) is 0. The van der Waals surface area contributed by atoms with Gasteiger partial charge in [0.15, 0.2) is 0 Å². The van der Waals surface area contributed by atoms with Gasteiger partial charge >= 0.3 is 12.3 Å². The molecule has 0 aromatic heterocycles. The predicted octanol–water partition coefficient (Wildman–Crippen LogP) is 3.77. The zero-order chi connectivity index (χ0) is 15.5. The maximum atomic E-state index is 12.7. The van der Waals surface area contributed by atoms with Gasteiger partial charge in [0.1, 0.15) is 17.6 Å². The Morgan fingerprint density at radius 2 is 1.41 bits per heavy atom. The molecule has 22 heavy (non-hydrogen) atoms. The van der Waals surface area contributed by atoms with Crippen LogP contribution < -0.4 is 14.8 Å². The second-order valence-electron chi connectivity index (χ2n) is 4.66. The van der Waals surface area contributed by atoms with E-state index >= 15 is 0 Å². The Kier molecular flexibility index (Phi) is 6.25. The number of piperidine rings is 1. The van der Waals surface area contributed by atoms with Crippen molar-refractivity contribution in [3.05, 3.63) is 24.3 Å². The highest BCUT2D eigenvalue weighted by atomic mass is 35.5. The van der Waals surface area contributed by atoms with E-state index in [1.165, 1.54) is 12.1 Å². The second-order valence-corrected chi connectivity index (χ2v) is 4.66. The van der Waals surface area contributed by atoms with E-state index in [0.29, 0.717) is 5.75 Å². The maximum absolute atomic E-state index is 12.7. The molecule has 1 aliphatic rings. The van der Waals surface area contributed by atoms with E-state index in [1.54, 1.807) is 0 Å². The lowest BCUT2D eigenvalue weighted by molar-refractivity contribution is -0.360. The van der Waals surface area contributed by atoms with Gasteiger partial charge in [-0.2, -0.15) is 22.0 Å². The minimum absolute atomic E-state index is 0. The number of ether oxygens (including phenoxy) is 2. The van der Waals surface area contributed by atoms with Crippen molar-refractivity contribution in [3.63, 3.8) is 0 Å². The molecule has 1 saturated heterocycles. The lowest BCUT2D eigenvalue weighted by Crippen LogP contribution is -2.41. The molecule has 0 aliphatic carbocycles. The highest BCUT2D eigenvalue weighted by Crippen LogP contribution is 2.37. The summed E-state index contributed by atoms with van der Waals surface area (Å²) >= 11 is 0. The smallest absolute Gasteiger partial charge is 0.490 e. The van der Waals surface area contributed by atoms with Gasteiger partial charge in [-0.25, -0.2) is 0 Å². The molecule has 1 aromatic rings. The number of hydrogen-bond donors (Lipinski definition) is 1. The van der Waals surface area contributed by atoms with Crippen LogP contribution >= 0.6 is 12.4 Å². The summed E-state index contributed by atoms with van der Waals surface area (Å²) < 4.78 is 70.7. The van der Waals surface area contributed by atoms with Crippen molar-refractivity contribution in [2.45, 2.75) is 31.2 Å². The van der Waals surface area contributed by atoms with Crippen molar-refractivity contribution in [3.8, 4) is 11.5 Å². The SMILES string of the molecule is Cl.FC(F)(F)C(F)(F)Oc1ccc(OC2CCNCC2)cc1. The van der Waals surface area contributed by atoms with E-state index in [-0.39, 0.29) is 18.5 Å². The molecule has 1 N–H and O–H groups in total. The van der Waals surface area contributed by atoms with Crippen molar-refractivity contribution in [1.29, 1.82) is 0 Å². The molecule has 3 nitrogen and oxygen atoms in total. The standard InChI is InChI=1S/C13H14F5NO2.ClH/c14-12(15,16)13(17,18)21-11-3-1-9(2-4-11)20-10-5-7-19-8-6-10;/h1-4,10,19H,5-8H2;1H. The van der Waals surface area contributed by atoms with Crippen molar-refractivity contribution < 1.29 is 31.4 Å². The van der Waals surface area contributed by atoms with E-state index in [0.717, 1.165) is 38.1 Å². The average molecular weight is 348 g/mol. The molecular weight excluding hydrogens is 333 g/mol. The monoisotopic (exact) mass is 347 g/mol. The number of alkyl halides is 5. The normalized spacial score (nSPS) is 16.8. The topological polar surface area (TPSA) is 30.5 Å². The predicted molar refractivity (Wildman–Crippen MR) is 71.8 cm³/mol. The zero-order valence-corrected chi connectivity index (χ0v) is 12.1. The highest BCUT2D eigenvalue weighted by Gasteiger charge is 2.61.